The summed E-state index contributed by atoms with van der Waals surface area (Å²) in [6.07, 6.45) is 15.7. The van der Waals surface area contributed by atoms with E-state index in [4.69, 9.17) is 20.2 Å². The van der Waals surface area contributed by atoms with Crippen molar-refractivity contribution in [2.75, 3.05) is 0 Å². The molecule has 1 aliphatic rings. The van der Waals surface area contributed by atoms with Gasteiger partial charge in [0.25, 0.3) is 0 Å². The van der Waals surface area contributed by atoms with Crippen molar-refractivity contribution in [1.29, 1.82) is 0 Å². The minimum absolute atomic E-state index is 0.624. The molecule has 0 saturated heterocycles. The van der Waals surface area contributed by atoms with Gasteiger partial charge >= 0.3 is 0 Å². The van der Waals surface area contributed by atoms with Crippen LogP contribution < -0.4 is 0 Å². The highest BCUT2D eigenvalue weighted by molar-refractivity contribution is 6.23. The number of nitrogens with zero attached hydrogens (tertiary/aromatic N) is 8. The van der Waals surface area contributed by atoms with Gasteiger partial charge in [-0.25, -0.2) is 9.67 Å². The molecule has 10 nitrogen and oxygen atoms in total. The van der Waals surface area contributed by atoms with E-state index in [1.807, 2.05) is 42.7 Å². The normalized spacial score (nSPS) is 12.6. The molecule has 8 heterocycles. The summed E-state index contributed by atoms with van der Waals surface area (Å²) in [4.78, 5) is 21.9. The van der Waals surface area contributed by atoms with Crippen LogP contribution in [0.15, 0.2) is 152 Å². The van der Waals surface area contributed by atoms with E-state index >= 15 is 0 Å². The monoisotopic (exact) mass is 684 g/mol. The highest BCUT2D eigenvalue weighted by Gasteiger charge is 2.34. The third kappa shape index (κ3) is 4.45. The zero-order chi connectivity index (χ0) is 34.9. The van der Waals surface area contributed by atoms with Gasteiger partial charge < -0.3 is 14.4 Å². The molecule has 3 aromatic carbocycles. The first-order chi connectivity index (χ1) is 26.3. The summed E-state index contributed by atoms with van der Waals surface area (Å²) in [7, 11) is 0. The summed E-state index contributed by atoms with van der Waals surface area (Å²) in [5.41, 5.74) is 12.7. The summed E-state index contributed by atoms with van der Waals surface area (Å²) in [6, 6.07) is 33.2. The van der Waals surface area contributed by atoms with Crippen LogP contribution in [0.1, 0.15) is 5.56 Å². The number of fused-ring (bicyclic) bond motifs is 4. The molecule has 0 bridgehead atoms. The van der Waals surface area contributed by atoms with Gasteiger partial charge in [0.2, 0.25) is 0 Å². The van der Waals surface area contributed by atoms with Crippen molar-refractivity contribution in [3.63, 3.8) is 0 Å². The molecule has 1 aliphatic heterocycles. The molecule has 53 heavy (non-hydrogen) atoms. The Labute approximate surface area is 302 Å². The lowest BCUT2D eigenvalue weighted by molar-refractivity contribution is 0.950. The van der Waals surface area contributed by atoms with E-state index < -0.39 is 0 Å². The molecule has 0 fully saturated rings. The lowest BCUT2D eigenvalue weighted by Gasteiger charge is -2.21. The van der Waals surface area contributed by atoms with Crippen molar-refractivity contribution in [2.24, 2.45) is 4.99 Å². The average Bonchev–Trinajstić information content (AvgIpc) is 4.07. The van der Waals surface area contributed by atoms with Crippen LogP contribution in [0, 0.1) is 0 Å². The van der Waals surface area contributed by atoms with Crippen LogP contribution in [0.25, 0.3) is 83.5 Å². The van der Waals surface area contributed by atoms with Gasteiger partial charge in [-0.1, -0.05) is 48.5 Å². The second-order valence-electron chi connectivity index (χ2n) is 13.1. The number of aliphatic imine (C=N–C) groups is 1. The molecule has 0 aliphatic carbocycles. The van der Waals surface area contributed by atoms with Crippen LogP contribution >= 0.6 is 0 Å². The fraction of sp³-hybridized carbons (Fsp3) is 0.0233. The van der Waals surface area contributed by atoms with Crippen molar-refractivity contribution < 1.29 is 0 Å². The fourth-order valence-electron chi connectivity index (χ4n) is 7.91. The number of para-hydroxylation sites is 1. The van der Waals surface area contributed by atoms with E-state index in [0.29, 0.717) is 17.8 Å². The molecular weight excluding hydrogens is 657 g/mol. The molecule has 10 aromatic rings. The molecule has 2 N–H and O–H groups in total. The molecule has 0 spiro atoms. The molecule has 0 radical (unpaired) electrons. The standard InChI is InChI=1S/C43H28N10/c1-3-11-28-27(10-1)24-47-41(28)42-40-36(29-16-22-52-21-6-5-15-34(29)52)37(32-14-8-18-48-50-32)38(33-25-44-19-20-46-33)39(31-13-7-17-45-31)43(40)53(51-42)35-23-26-9-2-4-12-30(26)49-35/h1-22,24-25,45,47H,23H2. The topological polar surface area (TPSA) is 118 Å². The molecule has 10 heteroatoms. The Morgan fingerprint density at radius 2 is 1.60 bits per heavy atom. The van der Waals surface area contributed by atoms with Gasteiger partial charge in [0.15, 0.2) is 0 Å². The Morgan fingerprint density at radius 1 is 0.698 bits per heavy atom. The molecule has 0 atom stereocenters. The van der Waals surface area contributed by atoms with E-state index in [1.165, 1.54) is 0 Å². The summed E-state index contributed by atoms with van der Waals surface area (Å²) in [5, 5.41) is 17.9. The number of H-pyrrole nitrogens is 2. The molecule has 250 valence electrons. The largest absolute Gasteiger partial charge is 0.361 e. The number of pyridine rings is 1. The predicted octanol–water partition coefficient (Wildman–Crippen LogP) is 9.15. The van der Waals surface area contributed by atoms with Crippen LogP contribution in [0.2, 0.25) is 0 Å². The number of nitrogens with one attached hydrogen (secondary N) is 2. The minimum Gasteiger partial charge on any atom is -0.361 e. The zero-order valence-corrected chi connectivity index (χ0v) is 28.1. The number of benzene rings is 3. The van der Waals surface area contributed by atoms with Crippen LogP contribution in [0.3, 0.4) is 0 Å². The van der Waals surface area contributed by atoms with Crippen LogP contribution in [0.4, 0.5) is 5.69 Å². The third-order valence-electron chi connectivity index (χ3n) is 10.1. The molecule has 0 saturated carbocycles. The van der Waals surface area contributed by atoms with Gasteiger partial charge in [0, 0.05) is 94.1 Å². The Hall–Kier alpha value is -7.46. The molecule has 0 unspecified atom stereocenters. The van der Waals surface area contributed by atoms with Gasteiger partial charge in [-0.05, 0) is 59.5 Å². The van der Waals surface area contributed by atoms with Gasteiger partial charge in [-0.3, -0.25) is 9.97 Å². The summed E-state index contributed by atoms with van der Waals surface area (Å²) < 4.78 is 4.20. The Kier molecular flexibility index (Phi) is 6.38. The van der Waals surface area contributed by atoms with Crippen LogP contribution in [-0.2, 0) is 6.42 Å². The Morgan fingerprint density at radius 3 is 2.47 bits per heavy atom. The van der Waals surface area contributed by atoms with E-state index in [0.717, 1.165) is 89.2 Å². The Balaban J connectivity index is 1.42. The quantitative estimate of drug-likeness (QED) is 0.188. The number of hydrogen-bond donors (Lipinski definition) is 2. The smallest absolute Gasteiger partial charge is 0.135 e. The fourth-order valence-corrected chi connectivity index (χ4v) is 7.91. The summed E-state index contributed by atoms with van der Waals surface area (Å²) in [5.74, 6) is 0.830. The molecule has 0 amide bonds. The third-order valence-corrected chi connectivity index (χ3v) is 10.1. The minimum atomic E-state index is 0.624. The highest BCUT2D eigenvalue weighted by Crippen LogP contribution is 2.53. The van der Waals surface area contributed by atoms with Gasteiger partial charge in [-0.15, -0.1) is 0 Å². The van der Waals surface area contributed by atoms with Crippen molar-refractivity contribution in [1.82, 2.24) is 44.3 Å². The second kappa shape index (κ2) is 11.5. The van der Waals surface area contributed by atoms with E-state index in [9.17, 15) is 0 Å². The average molecular weight is 685 g/mol. The molecular formula is C43H28N10. The predicted molar refractivity (Wildman–Crippen MR) is 208 cm³/mol. The van der Waals surface area contributed by atoms with E-state index in [2.05, 4.69) is 114 Å². The SMILES string of the molecule is c1cnnc(-c2c(-c3cnccn3)c(-c3ccc[nH]3)c3c(c(-c4[nH]cc5ccccc45)nn3C3=Nc4ccccc4C3)c2-c2ccn3ccccc23)c1. The van der Waals surface area contributed by atoms with Crippen LogP contribution in [0.5, 0.6) is 0 Å². The van der Waals surface area contributed by atoms with E-state index in [-0.39, 0.29) is 0 Å². The maximum Gasteiger partial charge on any atom is 0.135 e. The lowest BCUT2D eigenvalue weighted by Crippen LogP contribution is -2.14. The number of hydrogen-bond acceptors (Lipinski definition) is 6. The maximum absolute atomic E-state index is 5.60. The van der Waals surface area contributed by atoms with Gasteiger partial charge in [0.05, 0.1) is 40.0 Å². The van der Waals surface area contributed by atoms with Crippen LogP contribution in [-0.4, -0.2) is 50.2 Å². The van der Waals surface area contributed by atoms with E-state index in [1.54, 1.807) is 18.6 Å². The maximum atomic E-state index is 5.60. The number of aromatic nitrogens is 9. The van der Waals surface area contributed by atoms with Gasteiger partial charge in [0.1, 0.15) is 11.5 Å². The van der Waals surface area contributed by atoms with Gasteiger partial charge in [-0.2, -0.15) is 15.3 Å². The second-order valence-corrected chi connectivity index (χ2v) is 13.1. The van der Waals surface area contributed by atoms with Crippen molar-refractivity contribution in [2.45, 2.75) is 6.42 Å². The van der Waals surface area contributed by atoms with Crippen molar-refractivity contribution >= 4 is 38.7 Å². The number of rotatable bonds is 5. The van der Waals surface area contributed by atoms with Crippen molar-refractivity contribution in [3.05, 3.63) is 152 Å². The Bertz CT molecular complexity index is 3020. The summed E-state index contributed by atoms with van der Waals surface area (Å²) >= 11 is 0. The first kappa shape index (κ1) is 29.3. The first-order valence-electron chi connectivity index (χ1n) is 17.4. The first-order valence-corrected chi connectivity index (χ1v) is 17.4. The molecule has 7 aromatic heterocycles. The lowest BCUT2D eigenvalue weighted by atomic mass is 9.83. The van der Waals surface area contributed by atoms with Crippen molar-refractivity contribution in [3.8, 4) is 56.3 Å². The molecule has 11 rings (SSSR count). The number of aromatic amines is 2. The summed E-state index contributed by atoms with van der Waals surface area (Å²) in [6.45, 7) is 0. The highest BCUT2D eigenvalue weighted by atomic mass is 15.3. The zero-order valence-electron chi connectivity index (χ0n) is 28.1.